The van der Waals surface area contributed by atoms with Crippen LogP contribution in [0.25, 0.3) is 5.69 Å². The number of amides is 1. The summed E-state index contributed by atoms with van der Waals surface area (Å²) in [5.41, 5.74) is 1.32. The summed E-state index contributed by atoms with van der Waals surface area (Å²) in [4.78, 5) is 26.9. The van der Waals surface area contributed by atoms with Crippen molar-refractivity contribution in [3.63, 3.8) is 0 Å². The average molecular weight is 437 g/mol. The second-order valence-corrected chi connectivity index (χ2v) is 7.64. The van der Waals surface area contributed by atoms with Crippen LogP contribution < -0.4 is 0 Å². The number of aryl methyl sites for hydroxylation is 1. The largest absolute Gasteiger partial charge is 0.464 e. The molecule has 0 radical (unpaired) electrons. The van der Waals surface area contributed by atoms with Crippen LogP contribution in [-0.2, 0) is 26.9 Å². The Balaban J connectivity index is 1.86. The Morgan fingerprint density at radius 1 is 1.23 bits per heavy atom. The number of ether oxygens (including phenoxy) is 1. The zero-order chi connectivity index (χ0) is 22.8. The number of hydrogen-bond donors (Lipinski definition) is 0. The van der Waals surface area contributed by atoms with E-state index in [1.54, 1.807) is 31.7 Å². The minimum Gasteiger partial charge on any atom is -0.464 e. The minimum atomic E-state index is -4.46. The average Bonchev–Trinajstić information content (AvgIpc) is 3.01. The van der Waals surface area contributed by atoms with Crippen molar-refractivity contribution < 1.29 is 27.5 Å². The fourth-order valence-corrected chi connectivity index (χ4v) is 3.96. The number of nitrogens with zero attached hydrogens (tertiary/aromatic N) is 3. The van der Waals surface area contributed by atoms with Crippen LogP contribution in [0.4, 0.5) is 13.2 Å². The van der Waals surface area contributed by atoms with Gasteiger partial charge in [-0.3, -0.25) is 4.79 Å². The number of alkyl halides is 3. The van der Waals surface area contributed by atoms with E-state index in [1.165, 1.54) is 10.7 Å². The van der Waals surface area contributed by atoms with Crippen LogP contribution in [0.1, 0.15) is 48.7 Å². The quantitative estimate of drug-likeness (QED) is 0.664. The molecule has 1 aliphatic heterocycles. The van der Waals surface area contributed by atoms with Gasteiger partial charge < -0.3 is 9.64 Å². The molecule has 1 fully saturated rings. The summed E-state index contributed by atoms with van der Waals surface area (Å²) in [6.45, 7) is 5.89. The lowest BCUT2D eigenvalue weighted by Crippen LogP contribution is -2.49. The number of esters is 1. The molecule has 31 heavy (non-hydrogen) atoms. The summed E-state index contributed by atoms with van der Waals surface area (Å²) in [7, 11) is 0. The van der Waals surface area contributed by atoms with E-state index in [9.17, 15) is 22.8 Å². The van der Waals surface area contributed by atoms with Gasteiger partial charge in [-0.25, -0.2) is 9.48 Å². The number of carbonyl (C=O) groups is 2. The van der Waals surface area contributed by atoms with Crippen molar-refractivity contribution in [1.82, 2.24) is 14.7 Å². The van der Waals surface area contributed by atoms with Gasteiger partial charge in [-0.15, -0.1) is 0 Å². The molecule has 2 aromatic rings. The first-order valence-corrected chi connectivity index (χ1v) is 10.3. The molecule has 2 heterocycles. The number of rotatable bonds is 5. The van der Waals surface area contributed by atoms with Gasteiger partial charge in [-0.05, 0) is 58.2 Å². The zero-order valence-corrected chi connectivity index (χ0v) is 17.8. The Morgan fingerprint density at radius 3 is 2.65 bits per heavy atom. The molecule has 0 N–H and O–H groups in total. The predicted octanol–water partition coefficient (Wildman–Crippen LogP) is 3.99. The second kappa shape index (κ2) is 9.11. The van der Waals surface area contributed by atoms with E-state index >= 15 is 0 Å². The van der Waals surface area contributed by atoms with Gasteiger partial charge in [-0.1, -0.05) is 6.07 Å². The highest BCUT2D eigenvalue weighted by Gasteiger charge is 2.34. The maximum atomic E-state index is 13.1. The molecule has 1 aliphatic rings. The molecule has 3 rings (SSSR count). The van der Waals surface area contributed by atoms with Crippen LogP contribution in [0.15, 0.2) is 24.3 Å². The van der Waals surface area contributed by atoms with Crippen LogP contribution in [0.3, 0.4) is 0 Å². The SMILES string of the molecule is CCOC(=O)C1CCCCN1C(=O)Cc1c(C)nn(-c2cccc(C(F)(F)F)c2)c1C. The normalized spacial score (nSPS) is 17.0. The first-order chi connectivity index (χ1) is 14.6. The Hall–Kier alpha value is -2.84. The van der Waals surface area contributed by atoms with E-state index in [0.717, 1.165) is 25.0 Å². The number of carbonyl (C=O) groups excluding carboxylic acids is 2. The topological polar surface area (TPSA) is 64.4 Å². The van der Waals surface area contributed by atoms with Gasteiger partial charge in [0.05, 0.1) is 30.0 Å². The Bertz CT molecular complexity index is 969. The second-order valence-electron chi connectivity index (χ2n) is 7.64. The summed E-state index contributed by atoms with van der Waals surface area (Å²) >= 11 is 0. The number of piperidine rings is 1. The fourth-order valence-electron chi connectivity index (χ4n) is 3.96. The summed E-state index contributed by atoms with van der Waals surface area (Å²) in [6.07, 6.45) is -2.22. The van der Waals surface area contributed by atoms with E-state index < -0.39 is 23.8 Å². The van der Waals surface area contributed by atoms with Gasteiger partial charge in [0.25, 0.3) is 0 Å². The Kier molecular flexibility index (Phi) is 6.71. The summed E-state index contributed by atoms with van der Waals surface area (Å²) in [5, 5.41) is 4.37. The molecule has 1 aromatic heterocycles. The van der Waals surface area contributed by atoms with Gasteiger partial charge >= 0.3 is 12.1 Å². The first-order valence-electron chi connectivity index (χ1n) is 10.3. The molecule has 1 atom stereocenters. The Labute approximate surface area is 179 Å². The number of benzene rings is 1. The van der Waals surface area contributed by atoms with Crippen molar-refractivity contribution in [2.75, 3.05) is 13.2 Å². The third-order valence-electron chi connectivity index (χ3n) is 5.57. The summed E-state index contributed by atoms with van der Waals surface area (Å²) in [5.74, 6) is -0.615. The highest BCUT2D eigenvalue weighted by Crippen LogP contribution is 2.31. The monoisotopic (exact) mass is 437 g/mol. The summed E-state index contributed by atoms with van der Waals surface area (Å²) in [6, 6.07) is 4.32. The molecule has 0 spiro atoms. The lowest BCUT2D eigenvalue weighted by molar-refractivity contribution is -0.156. The highest BCUT2D eigenvalue weighted by atomic mass is 19.4. The van der Waals surface area contributed by atoms with Crippen LogP contribution in [0.5, 0.6) is 0 Å². The van der Waals surface area contributed by atoms with Crippen molar-refractivity contribution in [2.24, 2.45) is 0 Å². The predicted molar refractivity (Wildman–Crippen MR) is 108 cm³/mol. The van der Waals surface area contributed by atoms with Crippen LogP contribution in [0, 0.1) is 13.8 Å². The molecular weight excluding hydrogens is 411 g/mol. The van der Waals surface area contributed by atoms with Crippen LogP contribution in [-0.4, -0.2) is 45.8 Å². The molecule has 1 aromatic carbocycles. The minimum absolute atomic E-state index is 0.0204. The lowest BCUT2D eigenvalue weighted by Gasteiger charge is -2.34. The van der Waals surface area contributed by atoms with E-state index in [1.807, 2.05) is 0 Å². The molecule has 1 unspecified atom stereocenters. The standard InChI is InChI=1S/C22H26F3N3O3/c1-4-31-21(30)19-10-5-6-11-27(19)20(29)13-18-14(2)26-28(15(18)3)17-9-7-8-16(12-17)22(23,24)25/h7-9,12,19H,4-6,10-11,13H2,1-3H3. The molecule has 1 amide bonds. The third-order valence-corrected chi connectivity index (χ3v) is 5.57. The third kappa shape index (κ3) is 4.91. The molecular formula is C22H26F3N3O3. The van der Waals surface area contributed by atoms with Gasteiger partial charge in [0.2, 0.25) is 5.91 Å². The van der Waals surface area contributed by atoms with Crippen molar-refractivity contribution >= 4 is 11.9 Å². The van der Waals surface area contributed by atoms with Crippen molar-refractivity contribution in [3.8, 4) is 5.69 Å². The molecule has 6 nitrogen and oxygen atoms in total. The molecule has 0 bridgehead atoms. The molecule has 0 aliphatic carbocycles. The van der Waals surface area contributed by atoms with E-state index in [2.05, 4.69) is 5.10 Å². The van der Waals surface area contributed by atoms with E-state index in [4.69, 9.17) is 4.74 Å². The van der Waals surface area contributed by atoms with Crippen molar-refractivity contribution in [1.29, 1.82) is 0 Å². The van der Waals surface area contributed by atoms with Crippen LogP contribution >= 0.6 is 0 Å². The zero-order valence-electron chi connectivity index (χ0n) is 17.8. The fraction of sp³-hybridized carbons (Fsp3) is 0.500. The molecule has 9 heteroatoms. The van der Waals surface area contributed by atoms with Gasteiger partial charge in [0, 0.05) is 17.8 Å². The van der Waals surface area contributed by atoms with Gasteiger partial charge in [0.15, 0.2) is 0 Å². The van der Waals surface area contributed by atoms with Crippen molar-refractivity contribution in [2.45, 2.75) is 58.7 Å². The van der Waals surface area contributed by atoms with E-state index in [0.29, 0.717) is 29.9 Å². The number of halogens is 3. The number of aromatic nitrogens is 2. The lowest BCUT2D eigenvalue weighted by atomic mass is 10.0. The summed E-state index contributed by atoms with van der Waals surface area (Å²) < 4.78 is 45.8. The van der Waals surface area contributed by atoms with Crippen molar-refractivity contribution in [3.05, 3.63) is 46.8 Å². The van der Waals surface area contributed by atoms with Gasteiger partial charge in [-0.2, -0.15) is 18.3 Å². The smallest absolute Gasteiger partial charge is 0.416 e. The molecule has 1 saturated heterocycles. The number of hydrogen-bond acceptors (Lipinski definition) is 4. The molecule has 168 valence electrons. The van der Waals surface area contributed by atoms with Gasteiger partial charge in [0.1, 0.15) is 6.04 Å². The maximum Gasteiger partial charge on any atom is 0.416 e. The highest BCUT2D eigenvalue weighted by molar-refractivity contribution is 5.86. The maximum absolute atomic E-state index is 13.1. The first kappa shape index (κ1) is 22.8. The number of likely N-dealkylation sites (tertiary alicyclic amines) is 1. The molecule has 0 saturated carbocycles. The Morgan fingerprint density at radius 2 is 1.97 bits per heavy atom. The van der Waals surface area contributed by atoms with Crippen LogP contribution in [0.2, 0.25) is 0 Å². The van der Waals surface area contributed by atoms with E-state index in [-0.39, 0.29) is 24.6 Å².